The molecule has 18 heavy (non-hydrogen) atoms. The van der Waals surface area contributed by atoms with Crippen molar-refractivity contribution >= 4 is 29.5 Å². The molecule has 1 N–H and O–H groups in total. The van der Waals surface area contributed by atoms with Gasteiger partial charge in [0.1, 0.15) is 10.9 Å². The predicted molar refractivity (Wildman–Crippen MR) is 66.7 cm³/mol. The molecule has 0 aliphatic carbocycles. The Morgan fingerprint density at radius 1 is 1.22 bits per heavy atom. The van der Waals surface area contributed by atoms with E-state index in [0.29, 0.717) is 6.29 Å². The van der Waals surface area contributed by atoms with Gasteiger partial charge in [0.2, 0.25) is 0 Å². The van der Waals surface area contributed by atoms with Crippen molar-refractivity contribution < 1.29 is 14.3 Å². The lowest BCUT2D eigenvalue weighted by molar-refractivity contribution is 0.112. The third kappa shape index (κ3) is 2.17. The maximum Gasteiger partial charge on any atom is 0.166 e. The van der Waals surface area contributed by atoms with E-state index in [4.69, 9.17) is 23.2 Å². The van der Waals surface area contributed by atoms with E-state index in [0.717, 1.165) is 6.07 Å². The smallest absolute Gasteiger partial charge is 0.166 e. The van der Waals surface area contributed by atoms with Gasteiger partial charge in [-0.05, 0) is 12.1 Å². The monoisotopic (exact) mass is 285 g/mol. The van der Waals surface area contributed by atoms with Crippen LogP contribution in [0.4, 0.5) is 4.39 Å². The van der Waals surface area contributed by atoms with Gasteiger partial charge in [-0.25, -0.2) is 9.37 Å². The molecule has 1 aromatic heterocycles. The first-order chi connectivity index (χ1) is 8.54. The Morgan fingerprint density at radius 2 is 1.94 bits per heavy atom. The molecule has 0 bridgehead atoms. The lowest BCUT2D eigenvalue weighted by Gasteiger charge is -2.08. The summed E-state index contributed by atoms with van der Waals surface area (Å²) in [5.41, 5.74) is 0.464. The van der Waals surface area contributed by atoms with Crippen LogP contribution in [0.15, 0.2) is 24.3 Å². The topological polar surface area (TPSA) is 50.2 Å². The lowest BCUT2D eigenvalue weighted by atomic mass is 10.0. The van der Waals surface area contributed by atoms with Gasteiger partial charge in [-0.15, -0.1) is 0 Å². The molecule has 0 aliphatic heterocycles. The van der Waals surface area contributed by atoms with E-state index in [-0.39, 0.29) is 32.7 Å². The van der Waals surface area contributed by atoms with Crippen LogP contribution in [0.1, 0.15) is 10.4 Å². The van der Waals surface area contributed by atoms with Gasteiger partial charge in [-0.1, -0.05) is 35.3 Å². The lowest BCUT2D eigenvalue weighted by Crippen LogP contribution is -1.91. The maximum absolute atomic E-state index is 13.4. The zero-order chi connectivity index (χ0) is 13.3. The van der Waals surface area contributed by atoms with Crippen LogP contribution in [-0.4, -0.2) is 16.4 Å². The molecule has 0 spiro atoms. The van der Waals surface area contributed by atoms with E-state index in [9.17, 15) is 14.3 Å². The Morgan fingerprint density at radius 3 is 2.61 bits per heavy atom. The Hall–Kier alpha value is -1.65. The molecule has 0 saturated heterocycles. The number of hydrogen-bond donors (Lipinski definition) is 1. The molecule has 0 unspecified atom stereocenters. The highest BCUT2D eigenvalue weighted by Crippen LogP contribution is 2.36. The molecule has 0 aliphatic rings. The summed E-state index contributed by atoms with van der Waals surface area (Å²) >= 11 is 11.3. The third-order valence-corrected chi connectivity index (χ3v) is 2.92. The van der Waals surface area contributed by atoms with E-state index in [2.05, 4.69) is 4.98 Å². The minimum Gasteiger partial charge on any atom is -0.507 e. The summed E-state index contributed by atoms with van der Waals surface area (Å²) in [4.78, 5) is 14.3. The normalized spacial score (nSPS) is 10.4. The van der Waals surface area contributed by atoms with Crippen LogP contribution >= 0.6 is 23.2 Å². The number of phenolic OH excluding ortho intramolecular Hbond substituents is 1. The van der Waals surface area contributed by atoms with Crippen molar-refractivity contribution in [3.63, 3.8) is 0 Å². The number of carbonyl (C=O) groups excluding carboxylic acids is 1. The van der Waals surface area contributed by atoms with Gasteiger partial charge in [0.25, 0.3) is 0 Å². The highest BCUT2D eigenvalue weighted by molar-refractivity contribution is 6.34. The van der Waals surface area contributed by atoms with E-state index in [1.54, 1.807) is 6.07 Å². The van der Waals surface area contributed by atoms with Crippen molar-refractivity contribution in [3.8, 4) is 16.9 Å². The summed E-state index contributed by atoms with van der Waals surface area (Å²) in [6.07, 6.45) is 0.493. The summed E-state index contributed by atoms with van der Waals surface area (Å²) in [6.45, 7) is 0. The van der Waals surface area contributed by atoms with Crippen LogP contribution in [0.3, 0.4) is 0 Å². The minimum atomic E-state index is -0.757. The Labute approximate surface area is 112 Å². The molecule has 6 heteroatoms. The maximum atomic E-state index is 13.4. The number of aromatic nitrogens is 1. The molecule has 0 atom stereocenters. The number of hydrogen-bond acceptors (Lipinski definition) is 3. The fourth-order valence-corrected chi connectivity index (χ4v) is 1.93. The molecule has 0 radical (unpaired) electrons. The fraction of sp³-hybridized carbons (Fsp3) is 0. The molecule has 1 heterocycles. The first-order valence-electron chi connectivity index (χ1n) is 4.83. The van der Waals surface area contributed by atoms with Gasteiger partial charge in [0.05, 0.1) is 5.56 Å². The zero-order valence-electron chi connectivity index (χ0n) is 8.82. The second-order valence-electron chi connectivity index (χ2n) is 3.46. The van der Waals surface area contributed by atoms with Crippen molar-refractivity contribution in [2.24, 2.45) is 0 Å². The average Bonchev–Trinajstić information content (AvgIpc) is 2.34. The molecular weight excluding hydrogens is 280 g/mol. The number of pyridine rings is 1. The SMILES string of the molecule is O=Cc1cccc(-c2cc(F)c(Cl)nc2Cl)c1O. The van der Waals surface area contributed by atoms with E-state index in [1.165, 1.54) is 12.1 Å². The Bertz CT molecular complexity index is 632. The first-order valence-corrected chi connectivity index (χ1v) is 5.59. The number of nitrogens with zero attached hydrogens (tertiary/aromatic N) is 1. The van der Waals surface area contributed by atoms with Gasteiger partial charge in [-0.2, -0.15) is 0 Å². The molecule has 0 amide bonds. The number of halogens is 3. The number of rotatable bonds is 2. The molecule has 1 aromatic carbocycles. The second-order valence-corrected chi connectivity index (χ2v) is 4.18. The summed E-state index contributed by atoms with van der Waals surface area (Å²) in [5.74, 6) is -1.04. The Kier molecular flexibility index (Phi) is 3.50. The summed E-state index contributed by atoms with van der Waals surface area (Å²) in [5, 5.41) is 9.45. The summed E-state index contributed by atoms with van der Waals surface area (Å²) in [6, 6.07) is 5.53. The highest BCUT2D eigenvalue weighted by atomic mass is 35.5. The molecule has 3 nitrogen and oxygen atoms in total. The van der Waals surface area contributed by atoms with E-state index in [1.807, 2.05) is 0 Å². The molecular formula is C12H6Cl2FNO2. The van der Waals surface area contributed by atoms with Crippen molar-refractivity contribution in [1.29, 1.82) is 0 Å². The third-order valence-electron chi connectivity index (χ3n) is 2.37. The number of aromatic hydroxyl groups is 1. The molecule has 0 saturated carbocycles. The van der Waals surface area contributed by atoms with Gasteiger partial charge in [-0.3, -0.25) is 4.79 Å². The van der Waals surface area contributed by atoms with Crippen LogP contribution in [-0.2, 0) is 0 Å². The zero-order valence-corrected chi connectivity index (χ0v) is 10.3. The van der Waals surface area contributed by atoms with E-state index < -0.39 is 5.82 Å². The average molecular weight is 286 g/mol. The van der Waals surface area contributed by atoms with Crippen molar-refractivity contribution in [2.75, 3.05) is 0 Å². The largest absolute Gasteiger partial charge is 0.507 e. The number of phenols is 1. The van der Waals surface area contributed by atoms with E-state index >= 15 is 0 Å². The number of para-hydroxylation sites is 1. The molecule has 92 valence electrons. The van der Waals surface area contributed by atoms with Crippen molar-refractivity contribution in [3.05, 3.63) is 46.0 Å². The minimum absolute atomic E-state index is 0.0558. The van der Waals surface area contributed by atoms with Crippen LogP contribution in [0.25, 0.3) is 11.1 Å². The standard InChI is InChI=1S/C12H6Cl2FNO2/c13-11-8(4-9(15)12(14)16-11)7-3-1-2-6(5-17)10(7)18/h1-5,18H. The molecule has 0 fully saturated rings. The van der Waals surface area contributed by atoms with Gasteiger partial charge >= 0.3 is 0 Å². The van der Waals surface area contributed by atoms with Crippen molar-refractivity contribution in [2.45, 2.75) is 0 Å². The second kappa shape index (κ2) is 4.92. The highest BCUT2D eigenvalue weighted by Gasteiger charge is 2.15. The fourth-order valence-electron chi connectivity index (χ4n) is 1.51. The summed E-state index contributed by atoms with van der Waals surface area (Å²) in [7, 11) is 0. The van der Waals surface area contributed by atoms with Gasteiger partial charge in [0.15, 0.2) is 17.3 Å². The number of benzene rings is 1. The van der Waals surface area contributed by atoms with Crippen LogP contribution in [0.2, 0.25) is 10.3 Å². The number of aldehydes is 1. The van der Waals surface area contributed by atoms with Gasteiger partial charge in [0, 0.05) is 11.1 Å². The van der Waals surface area contributed by atoms with Gasteiger partial charge < -0.3 is 5.11 Å². The van der Waals surface area contributed by atoms with Crippen LogP contribution in [0.5, 0.6) is 5.75 Å². The van der Waals surface area contributed by atoms with Crippen LogP contribution in [0, 0.1) is 5.82 Å². The number of carbonyl (C=O) groups is 1. The predicted octanol–water partition coefficient (Wildman–Crippen LogP) is 3.71. The quantitative estimate of drug-likeness (QED) is 0.676. The van der Waals surface area contributed by atoms with Crippen LogP contribution < -0.4 is 0 Å². The molecule has 2 aromatic rings. The Balaban J connectivity index is 2.69. The molecule has 2 rings (SSSR count). The summed E-state index contributed by atoms with van der Waals surface area (Å²) < 4.78 is 13.4. The first kappa shape index (κ1) is 12.8. The van der Waals surface area contributed by atoms with Crippen molar-refractivity contribution in [1.82, 2.24) is 4.98 Å².